The Morgan fingerprint density at radius 3 is 2.41 bits per heavy atom. The maximum Gasteiger partial charge on any atom is 0.191 e. The van der Waals surface area contributed by atoms with Crippen molar-refractivity contribution in [1.29, 1.82) is 0 Å². The molecule has 1 heterocycles. The Bertz CT molecular complexity index is 557. The predicted octanol–water partition coefficient (Wildman–Crippen LogP) is 1.23. The van der Waals surface area contributed by atoms with Crippen molar-refractivity contribution < 1.29 is 5.11 Å². The molecule has 6 nitrogen and oxygen atoms in total. The van der Waals surface area contributed by atoms with Crippen LogP contribution in [0.4, 0.5) is 0 Å². The van der Waals surface area contributed by atoms with Crippen LogP contribution in [0.2, 0.25) is 0 Å². The SMILES string of the molecule is CN=C(NCC(C)(O)c1cnn(C)c1)NC1C(C)(C)C1(C)C. The van der Waals surface area contributed by atoms with Crippen molar-refractivity contribution in [2.75, 3.05) is 13.6 Å². The zero-order valence-corrected chi connectivity index (χ0v) is 14.7. The number of guanidine groups is 1. The molecule has 124 valence electrons. The van der Waals surface area contributed by atoms with Gasteiger partial charge in [-0.25, -0.2) is 0 Å². The number of nitrogens with zero attached hydrogens (tertiary/aromatic N) is 3. The average Bonchev–Trinajstić information content (AvgIpc) is 2.75. The van der Waals surface area contributed by atoms with Gasteiger partial charge in [-0.2, -0.15) is 5.10 Å². The molecule has 22 heavy (non-hydrogen) atoms. The van der Waals surface area contributed by atoms with Gasteiger partial charge in [0.15, 0.2) is 5.96 Å². The van der Waals surface area contributed by atoms with Crippen LogP contribution >= 0.6 is 0 Å². The van der Waals surface area contributed by atoms with Crippen LogP contribution in [0.25, 0.3) is 0 Å². The first-order chi connectivity index (χ1) is 10.0. The van der Waals surface area contributed by atoms with E-state index in [1.807, 2.05) is 13.2 Å². The van der Waals surface area contributed by atoms with E-state index < -0.39 is 5.60 Å². The lowest BCUT2D eigenvalue weighted by Gasteiger charge is -2.24. The quantitative estimate of drug-likeness (QED) is 0.578. The van der Waals surface area contributed by atoms with Crippen molar-refractivity contribution in [3.05, 3.63) is 18.0 Å². The van der Waals surface area contributed by atoms with Gasteiger partial charge in [0.05, 0.1) is 12.7 Å². The van der Waals surface area contributed by atoms with Gasteiger partial charge in [-0.15, -0.1) is 0 Å². The maximum absolute atomic E-state index is 10.6. The molecule has 1 fully saturated rings. The number of hydrogen-bond donors (Lipinski definition) is 3. The van der Waals surface area contributed by atoms with Crippen molar-refractivity contribution in [2.24, 2.45) is 22.9 Å². The molecular formula is C16H29N5O. The Morgan fingerprint density at radius 2 is 2.00 bits per heavy atom. The number of nitrogens with one attached hydrogen (secondary N) is 2. The van der Waals surface area contributed by atoms with Gasteiger partial charge in [0.1, 0.15) is 5.60 Å². The van der Waals surface area contributed by atoms with Crippen LogP contribution in [0.15, 0.2) is 17.4 Å². The number of aliphatic imine (C=N–C) groups is 1. The normalized spacial score (nSPS) is 23.0. The van der Waals surface area contributed by atoms with Gasteiger partial charge in [0, 0.05) is 31.9 Å². The first-order valence-corrected chi connectivity index (χ1v) is 7.71. The summed E-state index contributed by atoms with van der Waals surface area (Å²) in [7, 11) is 3.58. The van der Waals surface area contributed by atoms with Gasteiger partial charge in [-0.3, -0.25) is 9.67 Å². The highest BCUT2D eigenvalue weighted by Crippen LogP contribution is 2.62. The third-order valence-electron chi connectivity index (χ3n) is 5.45. The van der Waals surface area contributed by atoms with E-state index in [4.69, 9.17) is 0 Å². The minimum atomic E-state index is -1.000. The second-order valence-corrected chi connectivity index (χ2v) is 7.62. The smallest absolute Gasteiger partial charge is 0.191 e. The fraction of sp³-hybridized carbons (Fsp3) is 0.750. The molecule has 1 aromatic rings. The van der Waals surface area contributed by atoms with Gasteiger partial charge >= 0.3 is 0 Å². The largest absolute Gasteiger partial charge is 0.383 e. The van der Waals surface area contributed by atoms with Crippen molar-refractivity contribution >= 4 is 5.96 Å². The lowest BCUT2D eigenvalue weighted by Crippen LogP contribution is -2.46. The lowest BCUT2D eigenvalue weighted by molar-refractivity contribution is 0.0616. The number of hydrogen-bond acceptors (Lipinski definition) is 3. The molecule has 0 aromatic carbocycles. The molecule has 0 aliphatic heterocycles. The highest BCUT2D eigenvalue weighted by Gasteiger charge is 2.65. The van der Waals surface area contributed by atoms with Gasteiger partial charge in [-0.1, -0.05) is 27.7 Å². The lowest BCUT2D eigenvalue weighted by atomic mass is 10.00. The van der Waals surface area contributed by atoms with Crippen LogP contribution in [-0.4, -0.2) is 40.5 Å². The van der Waals surface area contributed by atoms with Crippen LogP contribution in [0, 0.1) is 10.8 Å². The molecule has 0 saturated heterocycles. The number of aliphatic hydroxyl groups is 1. The molecule has 1 saturated carbocycles. The molecule has 1 aliphatic rings. The molecule has 1 aromatic heterocycles. The molecule has 0 amide bonds. The Labute approximate surface area is 133 Å². The third-order valence-corrected chi connectivity index (χ3v) is 5.45. The zero-order valence-electron chi connectivity index (χ0n) is 14.7. The molecule has 0 spiro atoms. The number of aromatic nitrogens is 2. The first-order valence-electron chi connectivity index (χ1n) is 7.71. The number of rotatable bonds is 4. The van der Waals surface area contributed by atoms with Crippen LogP contribution in [0.5, 0.6) is 0 Å². The summed E-state index contributed by atoms with van der Waals surface area (Å²) in [5.74, 6) is 0.716. The van der Waals surface area contributed by atoms with E-state index in [0.29, 0.717) is 18.5 Å². The van der Waals surface area contributed by atoms with E-state index in [-0.39, 0.29) is 10.8 Å². The monoisotopic (exact) mass is 307 g/mol. The summed E-state index contributed by atoms with van der Waals surface area (Å²) in [6.45, 7) is 11.2. The van der Waals surface area contributed by atoms with Crippen molar-refractivity contribution in [3.8, 4) is 0 Å². The molecule has 2 rings (SSSR count). The van der Waals surface area contributed by atoms with Crippen LogP contribution in [0.3, 0.4) is 0 Å². The fourth-order valence-corrected chi connectivity index (χ4v) is 2.95. The Morgan fingerprint density at radius 1 is 1.41 bits per heavy atom. The summed E-state index contributed by atoms with van der Waals surface area (Å²) in [6.07, 6.45) is 3.51. The third kappa shape index (κ3) is 2.84. The Balaban J connectivity index is 1.95. The van der Waals surface area contributed by atoms with Crippen LogP contribution in [0.1, 0.15) is 40.2 Å². The standard InChI is InChI=1S/C16H29N5O/c1-14(2)12(15(14,3)4)20-13(17-6)18-10-16(5,22)11-8-19-21(7)9-11/h8-9,12,22H,10H2,1-7H3,(H2,17,18,20). The Kier molecular flexibility index (Phi) is 4.02. The van der Waals surface area contributed by atoms with Gasteiger partial charge in [-0.05, 0) is 17.8 Å². The predicted molar refractivity (Wildman–Crippen MR) is 88.6 cm³/mol. The zero-order chi connectivity index (χ0) is 16.8. The van der Waals surface area contributed by atoms with Crippen molar-refractivity contribution in [2.45, 2.75) is 46.3 Å². The minimum absolute atomic E-state index is 0.233. The van der Waals surface area contributed by atoms with Crippen molar-refractivity contribution in [1.82, 2.24) is 20.4 Å². The fourth-order valence-electron chi connectivity index (χ4n) is 2.95. The molecular weight excluding hydrogens is 278 g/mol. The molecule has 3 N–H and O–H groups in total. The van der Waals surface area contributed by atoms with E-state index in [1.54, 1.807) is 24.9 Å². The summed E-state index contributed by atoms with van der Waals surface area (Å²) < 4.78 is 1.69. The molecule has 1 unspecified atom stereocenters. The van der Waals surface area contributed by atoms with E-state index in [2.05, 4.69) is 48.4 Å². The van der Waals surface area contributed by atoms with Gasteiger partial charge in [0.2, 0.25) is 0 Å². The minimum Gasteiger partial charge on any atom is -0.383 e. The second-order valence-electron chi connectivity index (χ2n) is 7.62. The first kappa shape index (κ1) is 16.8. The highest BCUT2D eigenvalue weighted by molar-refractivity contribution is 5.80. The molecule has 0 bridgehead atoms. The molecule has 6 heteroatoms. The van der Waals surface area contributed by atoms with E-state index >= 15 is 0 Å². The summed E-state index contributed by atoms with van der Waals surface area (Å²) in [6, 6.07) is 0.370. The van der Waals surface area contributed by atoms with E-state index in [9.17, 15) is 5.11 Å². The molecule has 1 aliphatic carbocycles. The summed E-state index contributed by atoms with van der Waals surface area (Å²) in [5.41, 5.74) is 0.248. The van der Waals surface area contributed by atoms with Crippen molar-refractivity contribution in [3.63, 3.8) is 0 Å². The number of aryl methyl sites for hydroxylation is 1. The van der Waals surface area contributed by atoms with Gasteiger partial charge in [0.25, 0.3) is 0 Å². The maximum atomic E-state index is 10.6. The van der Waals surface area contributed by atoms with Crippen LogP contribution < -0.4 is 10.6 Å². The molecule has 0 radical (unpaired) electrons. The van der Waals surface area contributed by atoms with Crippen LogP contribution in [-0.2, 0) is 12.6 Å². The summed E-state index contributed by atoms with van der Waals surface area (Å²) >= 11 is 0. The molecule has 1 atom stereocenters. The average molecular weight is 307 g/mol. The van der Waals surface area contributed by atoms with Gasteiger partial charge < -0.3 is 15.7 Å². The van der Waals surface area contributed by atoms with E-state index in [1.165, 1.54) is 0 Å². The second kappa shape index (κ2) is 5.26. The topological polar surface area (TPSA) is 74.5 Å². The summed E-state index contributed by atoms with van der Waals surface area (Å²) in [4.78, 5) is 4.26. The highest BCUT2D eigenvalue weighted by atomic mass is 16.3. The van der Waals surface area contributed by atoms with E-state index in [0.717, 1.165) is 5.56 Å². The Hall–Kier alpha value is -1.56. The summed E-state index contributed by atoms with van der Waals surface area (Å²) in [5, 5.41) is 21.4.